The van der Waals surface area contributed by atoms with Gasteiger partial charge >= 0.3 is 0 Å². The van der Waals surface area contributed by atoms with Crippen LogP contribution in [0, 0.1) is 41.4 Å². The standard InChI is InChI=1S/C30H40N6O/c1-19-4-2-3-5-21(19)16-32-29-33-17-24(15-31)28(36-29)34-18-30-12-20-10-22(13-30)27(23(11-20)14-30)35-25-6-8-26(37)9-7-25/h2-5,17,20,22-23,25-27,35,37H,6-14,16,18H2,1H3,(H2,32,33,34,36)/t20?,22-,23+,25?,26?,27?,30?. The summed E-state index contributed by atoms with van der Waals surface area (Å²) in [7, 11) is 0. The zero-order valence-corrected chi connectivity index (χ0v) is 21.9. The lowest BCUT2D eigenvalue weighted by atomic mass is 9.47. The van der Waals surface area contributed by atoms with Crippen molar-refractivity contribution >= 4 is 11.8 Å². The Bertz CT molecular complexity index is 1140. The van der Waals surface area contributed by atoms with Gasteiger partial charge < -0.3 is 21.1 Å². The van der Waals surface area contributed by atoms with E-state index in [4.69, 9.17) is 4.98 Å². The summed E-state index contributed by atoms with van der Waals surface area (Å²) < 4.78 is 0. The van der Waals surface area contributed by atoms with Crippen molar-refractivity contribution in [1.82, 2.24) is 15.3 Å². The minimum atomic E-state index is -0.0934. The van der Waals surface area contributed by atoms with E-state index in [1.54, 1.807) is 6.20 Å². The average Bonchev–Trinajstić information content (AvgIpc) is 2.90. The fourth-order valence-electron chi connectivity index (χ4n) is 8.13. The Morgan fingerprint density at radius 3 is 2.54 bits per heavy atom. The molecule has 4 bridgehead atoms. The number of aliphatic hydroxyl groups excluding tert-OH is 1. The maximum atomic E-state index is 9.90. The first-order valence-corrected chi connectivity index (χ1v) is 14.2. The number of aliphatic hydroxyl groups is 1. The van der Waals surface area contributed by atoms with E-state index in [0.29, 0.717) is 41.4 Å². The number of anilines is 2. The SMILES string of the molecule is Cc1ccccc1CNc1ncc(C#N)c(NCC23CC4C[C@H](C2)C(NC2CCC(O)CC2)[C@@H](C4)C3)n1. The van der Waals surface area contributed by atoms with E-state index in [1.807, 2.05) is 12.1 Å². The van der Waals surface area contributed by atoms with Crippen LogP contribution in [-0.4, -0.2) is 39.8 Å². The molecule has 0 spiro atoms. The normalized spacial score (nSPS) is 34.2. The molecule has 37 heavy (non-hydrogen) atoms. The summed E-state index contributed by atoms with van der Waals surface area (Å²) in [5.41, 5.74) is 3.25. The van der Waals surface area contributed by atoms with Gasteiger partial charge in [0, 0.05) is 25.2 Å². The van der Waals surface area contributed by atoms with Crippen LogP contribution in [-0.2, 0) is 6.54 Å². The molecule has 2 aromatic rings. The van der Waals surface area contributed by atoms with Crippen LogP contribution in [0.2, 0.25) is 0 Å². The topological polar surface area (TPSA) is 106 Å². The van der Waals surface area contributed by atoms with Crippen molar-refractivity contribution in [2.45, 2.75) is 89.4 Å². The van der Waals surface area contributed by atoms with Crippen LogP contribution in [0.5, 0.6) is 0 Å². The first kappa shape index (κ1) is 24.6. The van der Waals surface area contributed by atoms with Crippen molar-refractivity contribution in [3.63, 3.8) is 0 Å². The first-order valence-electron chi connectivity index (χ1n) is 14.2. The van der Waals surface area contributed by atoms with Crippen molar-refractivity contribution in [3.8, 4) is 6.07 Å². The molecule has 0 radical (unpaired) electrons. The molecule has 5 saturated carbocycles. The molecule has 3 unspecified atom stereocenters. The number of benzene rings is 1. The maximum absolute atomic E-state index is 9.90. The third-order valence-electron chi connectivity index (χ3n) is 9.76. The quantitative estimate of drug-likeness (QED) is 0.414. The van der Waals surface area contributed by atoms with Gasteiger partial charge in [-0.25, -0.2) is 4.98 Å². The molecular weight excluding hydrogens is 460 g/mol. The van der Waals surface area contributed by atoms with Crippen LogP contribution in [0.1, 0.15) is 74.5 Å². The van der Waals surface area contributed by atoms with Gasteiger partial charge in [-0.3, -0.25) is 0 Å². The summed E-state index contributed by atoms with van der Waals surface area (Å²) in [5, 5.41) is 30.6. The van der Waals surface area contributed by atoms with Gasteiger partial charge in [-0.15, -0.1) is 0 Å². The number of hydrogen-bond donors (Lipinski definition) is 4. The lowest BCUT2D eigenvalue weighted by Gasteiger charge is -2.61. The molecular formula is C30H40N6O. The monoisotopic (exact) mass is 500 g/mol. The molecule has 5 fully saturated rings. The molecule has 7 nitrogen and oxygen atoms in total. The Morgan fingerprint density at radius 1 is 1.05 bits per heavy atom. The number of nitriles is 1. The fourth-order valence-corrected chi connectivity index (χ4v) is 8.13. The number of rotatable bonds is 8. The summed E-state index contributed by atoms with van der Waals surface area (Å²) in [4.78, 5) is 9.11. The second kappa shape index (κ2) is 10.2. The largest absolute Gasteiger partial charge is 0.393 e. The van der Waals surface area contributed by atoms with E-state index in [9.17, 15) is 10.4 Å². The highest BCUT2D eigenvalue weighted by molar-refractivity contribution is 5.53. The average molecular weight is 501 g/mol. The van der Waals surface area contributed by atoms with Crippen LogP contribution >= 0.6 is 0 Å². The summed E-state index contributed by atoms with van der Waals surface area (Å²) >= 11 is 0. The number of aromatic nitrogens is 2. The van der Waals surface area contributed by atoms with Crippen molar-refractivity contribution in [1.29, 1.82) is 5.26 Å². The number of nitrogens with one attached hydrogen (secondary N) is 3. The molecule has 5 aliphatic carbocycles. The van der Waals surface area contributed by atoms with E-state index in [-0.39, 0.29) is 6.10 Å². The Hall–Kier alpha value is -2.69. The Kier molecular flexibility index (Phi) is 6.81. The van der Waals surface area contributed by atoms with E-state index >= 15 is 0 Å². The zero-order chi connectivity index (χ0) is 25.4. The molecule has 1 heterocycles. The Morgan fingerprint density at radius 2 is 1.81 bits per heavy atom. The fraction of sp³-hybridized carbons (Fsp3) is 0.633. The molecule has 0 saturated heterocycles. The zero-order valence-electron chi connectivity index (χ0n) is 21.9. The smallest absolute Gasteiger partial charge is 0.224 e. The van der Waals surface area contributed by atoms with Gasteiger partial charge in [0.05, 0.1) is 12.3 Å². The summed E-state index contributed by atoms with van der Waals surface area (Å²) in [6.07, 6.45) is 12.2. The van der Waals surface area contributed by atoms with Crippen LogP contribution in [0.15, 0.2) is 30.5 Å². The highest BCUT2D eigenvalue weighted by Crippen LogP contribution is 2.60. The van der Waals surface area contributed by atoms with Crippen molar-refractivity contribution < 1.29 is 5.11 Å². The second-order valence-corrected chi connectivity index (χ2v) is 12.4. The van der Waals surface area contributed by atoms with Crippen LogP contribution < -0.4 is 16.0 Å². The van der Waals surface area contributed by atoms with Crippen LogP contribution in [0.25, 0.3) is 0 Å². The van der Waals surface area contributed by atoms with Gasteiger partial charge in [-0.1, -0.05) is 24.3 Å². The predicted octanol–water partition coefficient (Wildman–Crippen LogP) is 4.77. The summed E-state index contributed by atoms with van der Waals surface area (Å²) in [5.74, 6) is 3.52. The number of aryl methyl sites for hydroxylation is 1. The molecule has 7 heteroatoms. The first-order chi connectivity index (χ1) is 18.0. The van der Waals surface area contributed by atoms with Gasteiger partial charge in [0.25, 0.3) is 0 Å². The van der Waals surface area contributed by atoms with Crippen LogP contribution in [0.3, 0.4) is 0 Å². The molecule has 0 amide bonds. The predicted molar refractivity (Wildman–Crippen MR) is 145 cm³/mol. The lowest BCUT2D eigenvalue weighted by molar-refractivity contribution is -0.0737. The summed E-state index contributed by atoms with van der Waals surface area (Å²) in [6.45, 7) is 3.64. The third-order valence-corrected chi connectivity index (χ3v) is 9.76. The molecule has 4 N–H and O–H groups in total. The van der Waals surface area contributed by atoms with E-state index in [1.165, 1.54) is 43.2 Å². The molecule has 5 atom stereocenters. The molecule has 196 valence electrons. The second-order valence-electron chi connectivity index (χ2n) is 12.4. The van der Waals surface area contributed by atoms with Gasteiger partial charge in [0.2, 0.25) is 5.95 Å². The van der Waals surface area contributed by atoms with Crippen molar-refractivity contribution in [2.24, 2.45) is 23.2 Å². The molecule has 5 aliphatic rings. The minimum absolute atomic E-state index is 0.0934. The minimum Gasteiger partial charge on any atom is -0.393 e. The summed E-state index contributed by atoms with van der Waals surface area (Å²) in [6, 6.07) is 11.8. The maximum Gasteiger partial charge on any atom is 0.224 e. The van der Waals surface area contributed by atoms with E-state index < -0.39 is 0 Å². The molecule has 0 aliphatic heterocycles. The molecule has 1 aromatic heterocycles. The van der Waals surface area contributed by atoms with Crippen molar-refractivity contribution in [2.75, 3.05) is 17.2 Å². The van der Waals surface area contributed by atoms with E-state index in [2.05, 4.69) is 46.1 Å². The molecule has 1 aromatic carbocycles. The molecule has 7 rings (SSSR count). The van der Waals surface area contributed by atoms with E-state index in [0.717, 1.165) is 50.0 Å². The Labute approximate surface area is 220 Å². The highest BCUT2D eigenvalue weighted by Gasteiger charge is 2.55. The van der Waals surface area contributed by atoms with Crippen LogP contribution in [0.4, 0.5) is 11.8 Å². The third kappa shape index (κ3) is 5.19. The number of hydrogen-bond acceptors (Lipinski definition) is 7. The lowest BCUT2D eigenvalue weighted by Crippen LogP contribution is -2.61. The Balaban J connectivity index is 1.11. The van der Waals surface area contributed by atoms with Gasteiger partial charge in [0.1, 0.15) is 17.5 Å². The number of nitrogens with zero attached hydrogens (tertiary/aromatic N) is 3. The van der Waals surface area contributed by atoms with Gasteiger partial charge in [0.15, 0.2) is 0 Å². The van der Waals surface area contributed by atoms with Gasteiger partial charge in [-0.2, -0.15) is 10.2 Å². The highest BCUT2D eigenvalue weighted by atomic mass is 16.3. The van der Waals surface area contributed by atoms with Gasteiger partial charge in [-0.05, 0) is 99.0 Å². The van der Waals surface area contributed by atoms with Crippen molar-refractivity contribution in [3.05, 3.63) is 47.2 Å².